The summed E-state index contributed by atoms with van der Waals surface area (Å²) in [6.45, 7) is 0. The average Bonchev–Trinajstić information content (AvgIpc) is 2.86. The summed E-state index contributed by atoms with van der Waals surface area (Å²) in [5, 5.41) is 10.8. The fourth-order valence-electron chi connectivity index (χ4n) is 2.26. The molecular formula is C13H7Cl2NO4S. The van der Waals surface area contributed by atoms with Crippen molar-refractivity contribution in [1.82, 2.24) is 4.98 Å². The Hall–Kier alpha value is -1.76. The molecule has 1 aromatic carbocycles. The summed E-state index contributed by atoms with van der Waals surface area (Å²) in [7, 11) is -3.63. The van der Waals surface area contributed by atoms with E-state index in [1.54, 1.807) is 0 Å². The van der Waals surface area contributed by atoms with Crippen LogP contribution >= 0.6 is 23.2 Å². The van der Waals surface area contributed by atoms with Gasteiger partial charge in [0, 0.05) is 26.6 Å². The fraction of sp³-hybridized carbons (Fsp3) is 0. The van der Waals surface area contributed by atoms with Gasteiger partial charge in [-0.25, -0.2) is 13.2 Å². The highest BCUT2D eigenvalue weighted by Crippen LogP contribution is 2.39. The third kappa shape index (κ3) is 2.25. The van der Waals surface area contributed by atoms with Crippen LogP contribution in [0.15, 0.2) is 28.6 Å². The van der Waals surface area contributed by atoms with Crippen LogP contribution in [0.25, 0.3) is 17.2 Å². The number of carboxylic acids is 1. The van der Waals surface area contributed by atoms with E-state index in [1.165, 1.54) is 24.3 Å². The number of hydrogen-bond donors (Lipinski definition) is 2. The number of carboxylic acid groups (broad SMARTS) is 1. The molecule has 0 fully saturated rings. The molecule has 21 heavy (non-hydrogen) atoms. The zero-order chi connectivity index (χ0) is 15.4. The van der Waals surface area contributed by atoms with Gasteiger partial charge in [0.05, 0.1) is 0 Å². The third-order valence-corrected chi connectivity index (χ3v) is 4.89. The van der Waals surface area contributed by atoms with Crippen molar-refractivity contribution in [3.63, 3.8) is 0 Å². The van der Waals surface area contributed by atoms with Crippen molar-refractivity contribution in [2.75, 3.05) is 0 Å². The number of halogens is 2. The standard InChI is InChI=1S/C13H7Cl2NO4S/c14-7-3-6(4-8(15)5-7)10-9-1-2-21(19,20)12(9)16-11(10)13(17)18/h1-5,16H,(H,17,18). The van der Waals surface area contributed by atoms with Gasteiger partial charge in [0.15, 0.2) is 0 Å². The van der Waals surface area contributed by atoms with Crippen molar-refractivity contribution in [3.8, 4) is 11.1 Å². The van der Waals surface area contributed by atoms with E-state index in [2.05, 4.69) is 4.98 Å². The second kappa shape index (κ2) is 4.62. The van der Waals surface area contributed by atoms with Crippen LogP contribution in [0.1, 0.15) is 16.1 Å². The number of aromatic carboxylic acids is 1. The van der Waals surface area contributed by atoms with Gasteiger partial charge in [0.2, 0.25) is 9.84 Å². The van der Waals surface area contributed by atoms with E-state index in [0.717, 1.165) is 5.41 Å². The van der Waals surface area contributed by atoms with E-state index < -0.39 is 15.8 Å². The largest absolute Gasteiger partial charge is 0.477 e. The molecule has 0 amide bonds. The number of hydrogen-bond acceptors (Lipinski definition) is 3. The van der Waals surface area contributed by atoms with Crippen molar-refractivity contribution in [1.29, 1.82) is 0 Å². The van der Waals surface area contributed by atoms with Gasteiger partial charge in [-0.05, 0) is 29.8 Å². The number of benzene rings is 1. The normalized spacial score (nSPS) is 15.1. The molecule has 2 heterocycles. The first kappa shape index (κ1) is 14.2. The first-order chi connectivity index (χ1) is 9.79. The number of nitrogens with one attached hydrogen (secondary N) is 1. The van der Waals surface area contributed by atoms with Crippen LogP contribution in [-0.4, -0.2) is 24.5 Å². The molecular weight excluding hydrogens is 337 g/mol. The minimum Gasteiger partial charge on any atom is -0.477 e. The van der Waals surface area contributed by atoms with E-state index in [9.17, 15) is 18.3 Å². The van der Waals surface area contributed by atoms with Crippen LogP contribution in [0.3, 0.4) is 0 Å². The lowest BCUT2D eigenvalue weighted by Gasteiger charge is -2.04. The lowest BCUT2D eigenvalue weighted by atomic mass is 10.0. The first-order valence-corrected chi connectivity index (χ1v) is 7.99. The Morgan fingerprint density at radius 2 is 1.76 bits per heavy atom. The lowest BCUT2D eigenvalue weighted by molar-refractivity contribution is 0.0691. The second-order valence-electron chi connectivity index (χ2n) is 4.43. The molecule has 1 aliphatic heterocycles. The van der Waals surface area contributed by atoms with Crippen molar-refractivity contribution in [2.24, 2.45) is 0 Å². The molecule has 1 aromatic heterocycles. The predicted molar refractivity (Wildman–Crippen MR) is 79.4 cm³/mol. The summed E-state index contributed by atoms with van der Waals surface area (Å²) in [5.74, 6) is -1.26. The highest BCUT2D eigenvalue weighted by molar-refractivity contribution is 7.94. The lowest BCUT2D eigenvalue weighted by Crippen LogP contribution is -2.01. The van der Waals surface area contributed by atoms with Crippen LogP contribution < -0.4 is 0 Å². The summed E-state index contributed by atoms with van der Waals surface area (Å²) in [6.07, 6.45) is 1.36. The minimum absolute atomic E-state index is 0.133. The number of fused-ring (bicyclic) bond motifs is 1. The van der Waals surface area contributed by atoms with Crippen LogP contribution in [0.2, 0.25) is 10.0 Å². The quantitative estimate of drug-likeness (QED) is 0.874. The van der Waals surface area contributed by atoms with Crippen LogP contribution in [-0.2, 0) is 9.84 Å². The molecule has 0 saturated carbocycles. The molecule has 0 unspecified atom stereocenters. The molecule has 8 heteroatoms. The maximum absolute atomic E-state index is 11.8. The van der Waals surface area contributed by atoms with E-state index in [0.29, 0.717) is 21.2 Å². The van der Waals surface area contributed by atoms with Crippen molar-refractivity contribution < 1.29 is 18.3 Å². The Labute approximate surface area is 129 Å². The number of rotatable bonds is 2. The minimum atomic E-state index is -3.63. The molecule has 3 rings (SSSR count). The Morgan fingerprint density at radius 3 is 2.33 bits per heavy atom. The highest BCUT2D eigenvalue weighted by Gasteiger charge is 2.31. The molecule has 0 saturated heterocycles. The van der Waals surface area contributed by atoms with E-state index >= 15 is 0 Å². The van der Waals surface area contributed by atoms with Gasteiger partial charge in [0.1, 0.15) is 10.7 Å². The maximum Gasteiger partial charge on any atom is 0.353 e. The smallest absolute Gasteiger partial charge is 0.353 e. The molecule has 2 N–H and O–H groups in total. The van der Waals surface area contributed by atoms with E-state index in [4.69, 9.17) is 23.2 Å². The molecule has 108 valence electrons. The highest BCUT2D eigenvalue weighted by atomic mass is 35.5. The van der Waals surface area contributed by atoms with Gasteiger partial charge in [-0.2, -0.15) is 0 Å². The summed E-state index contributed by atoms with van der Waals surface area (Å²) >= 11 is 11.9. The van der Waals surface area contributed by atoms with Crippen LogP contribution in [0.4, 0.5) is 0 Å². The Bertz CT molecular complexity index is 892. The molecule has 0 spiro atoms. The Kier molecular flexibility index (Phi) is 3.12. The number of aromatic amines is 1. The van der Waals surface area contributed by atoms with Gasteiger partial charge in [-0.3, -0.25) is 0 Å². The van der Waals surface area contributed by atoms with Gasteiger partial charge in [-0.15, -0.1) is 0 Å². The number of H-pyrrole nitrogens is 1. The third-order valence-electron chi connectivity index (χ3n) is 3.07. The predicted octanol–water partition coefficient (Wildman–Crippen LogP) is 3.44. The maximum atomic E-state index is 11.8. The zero-order valence-corrected chi connectivity index (χ0v) is 12.6. The van der Waals surface area contributed by atoms with Gasteiger partial charge < -0.3 is 10.1 Å². The zero-order valence-electron chi connectivity index (χ0n) is 10.2. The SMILES string of the molecule is O=C(O)c1[nH]c2c(c1-c1cc(Cl)cc(Cl)c1)C=CS2(=O)=O. The summed E-state index contributed by atoms with van der Waals surface area (Å²) in [6, 6.07) is 4.57. The summed E-state index contributed by atoms with van der Waals surface area (Å²) in [5.41, 5.74) is 0.764. The van der Waals surface area contributed by atoms with E-state index in [1.807, 2.05) is 0 Å². The molecule has 0 bridgehead atoms. The molecule has 5 nitrogen and oxygen atoms in total. The molecule has 0 atom stereocenters. The fourth-order valence-corrected chi connectivity index (χ4v) is 3.96. The summed E-state index contributed by atoms with van der Waals surface area (Å²) in [4.78, 5) is 13.8. The summed E-state index contributed by atoms with van der Waals surface area (Å²) < 4.78 is 23.7. The van der Waals surface area contributed by atoms with Gasteiger partial charge >= 0.3 is 5.97 Å². The van der Waals surface area contributed by atoms with Crippen molar-refractivity contribution in [3.05, 3.63) is 44.9 Å². The van der Waals surface area contributed by atoms with Gasteiger partial charge in [-0.1, -0.05) is 23.2 Å². The molecule has 0 aliphatic carbocycles. The Morgan fingerprint density at radius 1 is 1.14 bits per heavy atom. The molecule has 0 radical (unpaired) electrons. The number of aromatic nitrogens is 1. The van der Waals surface area contributed by atoms with Crippen LogP contribution in [0, 0.1) is 0 Å². The average molecular weight is 344 g/mol. The van der Waals surface area contributed by atoms with Gasteiger partial charge in [0.25, 0.3) is 0 Å². The van der Waals surface area contributed by atoms with Crippen molar-refractivity contribution >= 4 is 45.1 Å². The number of carbonyl (C=O) groups is 1. The Balaban J connectivity index is 2.37. The molecule has 1 aliphatic rings. The monoisotopic (exact) mass is 343 g/mol. The topological polar surface area (TPSA) is 87.2 Å². The number of sulfone groups is 1. The van der Waals surface area contributed by atoms with E-state index in [-0.39, 0.29) is 16.3 Å². The second-order valence-corrected chi connectivity index (χ2v) is 7.07. The van der Waals surface area contributed by atoms with Crippen LogP contribution in [0.5, 0.6) is 0 Å². The molecule has 2 aromatic rings. The van der Waals surface area contributed by atoms with Crippen molar-refractivity contribution in [2.45, 2.75) is 5.03 Å². The first-order valence-electron chi connectivity index (χ1n) is 5.68.